The zero-order chi connectivity index (χ0) is 15.0. The molecule has 4 nitrogen and oxygen atoms in total. The molecule has 0 aliphatic heterocycles. The average Bonchev–Trinajstić information content (AvgIpc) is 2.47. The maximum Gasteiger partial charge on any atom is 0.228 e. The summed E-state index contributed by atoms with van der Waals surface area (Å²) in [7, 11) is 3.13. The van der Waals surface area contributed by atoms with Crippen LogP contribution in [0.1, 0.15) is 31.2 Å². The van der Waals surface area contributed by atoms with Crippen molar-refractivity contribution in [1.29, 1.82) is 0 Å². The van der Waals surface area contributed by atoms with E-state index in [-0.39, 0.29) is 5.91 Å². The second kappa shape index (κ2) is 8.53. The number of amides is 1. The number of rotatable bonds is 8. The summed E-state index contributed by atoms with van der Waals surface area (Å²) in [5, 5.41) is 2.63. The van der Waals surface area contributed by atoms with Crippen molar-refractivity contribution in [2.75, 3.05) is 14.1 Å². The first-order valence-electron chi connectivity index (χ1n) is 6.80. The molecule has 1 aromatic carbocycles. The van der Waals surface area contributed by atoms with Crippen LogP contribution >= 0.6 is 6.57 Å². The molecule has 112 valence electrons. The summed E-state index contributed by atoms with van der Waals surface area (Å²) < 4.78 is 1.28. The lowest BCUT2D eigenvalue weighted by Crippen LogP contribution is -2.28. The lowest BCUT2D eigenvalue weighted by Gasteiger charge is -2.25. The van der Waals surface area contributed by atoms with E-state index in [0.29, 0.717) is 6.42 Å². The van der Waals surface area contributed by atoms with E-state index in [1.807, 2.05) is 18.2 Å². The third-order valence-electron chi connectivity index (χ3n) is 3.26. The Morgan fingerprint density at radius 2 is 1.95 bits per heavy atom. The summed E-state index contributed by atoms with van der Waals surface area (Å²) in [6.07, 6.45) is 4.38. The molecule has 0 spiro atoms. The molecular formula is C14H23N2O2PS. The van der Waals surface area contributed by atoms with Crippen LogP contribution in [0.5, 0.6) is 0 Å². The van der Waals surface area contributed by atoms with Crippen LogP contribution in [0.15, 0.2) is 30.3 Å². The van der Waals surface area contributed by atoms with Crippen molar-refractivity contribution in [3.63, 3.8) is 0 Å². The van der Waals surface area contributed by atoms with Crippen molar-refractivity contribution in [3.8, 4) is 0 Å². The molecule has 2 N–H and O–H groups in total. The van der Waals surface area contributed by atoms with Gasteiger partial charge in [0.15, 0.2) is 0 Å². The summed E-state index contributed by atoms with van der Waals surface area (Å²) >= 11 is 4.97. The summed E-state index contributed by atoms with van der Waals surface area (Å²) in [5.74, 6) is -0.0927. The van der Waals surface area contributed by atoms with Crippen LogP contribution in [0.4, 0.5) is 0 Å². The first kappa shape index (κ1) is 17.3. The van der Waals surface area contributed by atoms with Crippen LogP contribution in [0.25, 0.3) is 0 Å². The molecule has 1 atom stereocenters. The van der Waals surface area contributed by atoms with Gasteiger partial charge in [0, 0.05) is 13.5 Å². The number of hydrogen-bond acceptors (Lipinski definition) is 2. The van der Waals surface area contributed by atoms with Crippen LogP contribution in [-0.4, -0.2) is 29.6 Å². The fourth-order valence-corrected chi connectivity index (χ4v) is 2.87. The second-order valence-corrected chi connectivity index (χ2v) is 8.39. The Balaban J connectivity index is 2.21. The van der Waals surface area contributed by atoms with E-state index in [0.717, 1.165) is 25.7 Å². The van der Waals surface area contributed by atoms with Gasteiger partial charge in [0.1, 0.15) is 0 Å². The van der Waals surface area contributed by atoms with Gasteiger partial charge in [-0.15, -0.1) is 0 Å². The molecule has 0 aromatic heterocycles. The average molecular weight is 314 g/mol. The van der Waals surface area contributed by atoms with E-state index >= 15 is 0 Å². The highest BCUT2D eigenvalue weighted by atomic mass is 32.4. The molecular weight excluding hydrogens is 291 g/mol. The van der Waals surface area contributed by atoms with Crippen LogP contribution in [0.2, 0.25) is 0 Å². The van der Waals surface area contributed by atoms with Gasteiger partial charge in [0.2, 0.25) is 12.5 Å². The van der Waals surface area contributed by atoms with Gasteiger partial charge >= 0.3 is 0 Å². The maximum absolute atomic E-state index is 11.9. The van der Waals surface area contributed by atoms with Crippen LogP contribution in [-0.2, 0) is 23.0 Å². The van der Waals surface area contributed by atoms with Crippen LogP contribution in [0, 0.1) is 0 Å². The van der Waals surface area contributed by atoms with Crippen molar-refractivity contribution in [2.24, 2.45) is 0 Å². The minimum absolute atomic E-state index is 0.0927. The van der Waals surface area contributed by atoms with E-state index in [9.17, 15) is 9.69 Å². The van der Waals surface area contributed by atoms with Crippen molar-refractivity contribution in [2.45, 2.75) is 32.1 Å². The van der Waals surface area contributed by atoms with Gasteiger partial charge in [-0.2, -0.15) is 0 Å². The fraction of sp³-hybridized carbons (Fsp3) is 0.500. The molecule has 0 fully saturated rings. The van der Waals surface area contributed by atoms with Gasteiger partial charge in [-0.05, 0) is 43.7 Å². The topological polar surface area (TPSA) is 52.6 Å². The Morgan fingerprint density at radius 1 is 1.30 bits per heavy atom. The number of aryl methyl sites for hydroxylation is 1. The smallest absolute Gasteiger partial charge is 0.228 e. The van der Waals surface area contributed by atoms with Gasteiger partial charge in [-0.25, -0.2) is 0 Å². The summed E-state index contributed by atoms with van der Waals surface area (Å²) in [5.41, 5.74) is 1.33. The number of nitrogens with zero attached hydrogens (tertiary/aromatic N) is 1. The Morgan fingerprint density at radius 3 is 2.55 bits per heavy atom. The standard InChI is InChI=1S/C14H23N2O2PS/c1-15-19(18,20)16(2)14(17)12-8-4-7-11-13-9-5-3-6-10-13/h3,5-6,9-10H,4,7-8,11-12H2,1-2H3,(H2,15,18,20). The van der Waals surface area contributed by atoms with E-state index in [1.165, 1.54) is 10.2 Å². The number of hydrogen-bond donors (Lipinski definition) is 2. The van der Waals surface area contributed by atoms with Crippen molar-refractivity contribution in [1.82, 2.24) is 9.76 Å². The lowest BCUT2D eigenvalue weighted by atomic mass is 10.1. The third-order valence-corrected chi connectivity index (χ3v) is 6.16. The summed E-state index contributed by atoms with van der Waals surface area (Å²) in [4.78, 5) is 21.7. The molecule has 1 unspecified atom stereocenters. The Hall–Kier alpha value is -0.740. The Labute approximate surface area is 126 Å². The summed E-state index contributed by atoms with van der Waals surface area (Å²) in [6, 6.07) is 10.3. The highest BCUT2D eigenvalue weighted by Gasteiger charge is 2.21. The predicted octanol–water partition coefficient (Wildman–Crippen LogP) is 2.68. The van der Waals surface area contributed by atoms with Crippen molar-refractivity contribution >= 4 is 24.3 Å². The van der Waals surface area contributed by atoms with Gasteiger partial charge in [0.25, 0.3) is 0 Å². The lowest BCUT2D eigenvalue weighted by molar-refractivity contribution is -0.126. The Bertz CT molecular complexity index is 468. The predicted molar refractivity (Wildman–Crippen MR) is 86.9 cm³/mol. The quantitative estimate of drug-likeness (QED) is 0.572. The van der Waals surface area contributed by atoms with E-state index in [1.54, 1.807) is 14.1 Å². The molecule has 0 saturated heterocycles. The molecule has 6 heteroatoms. The fourth-order valence-electron chi connectivity index (χ4n) is 1.89. The highest BCUT2D eigenvalue weighted by molar-refractivity contribution is 8.09. The summed E-state index contributed by atoms with van der Waals surface area (Å²) in [6.45, 7) is -2.86. The first-order chi connectivity index (χ1) is 9.47. The monoisotopic (exact) mass is 314 g/mol. The molecule has 1 amide bonds. The first-order valence-corrected chi connectivity index (χ1v) is 9.51. The molecule has 0 saturated carbocycles. The number of benzene rings is 1. The third kappa shape index (κ3) is 5.71. The SMILES string of the molecule is CNP(O)(=S)N(C)C(=O)CCCCCc1ccccc1. The van der Waals surface area contributed by atoms with E-state index < -0.39 is 6.57 Å². The molecule has 20 heavy (non-hydrogen) atoms. The molecule has 0 heterocycles. The molecule has 0 bridgehead atoms. The normalized spacial score (nSPS) is 13.8. The molecule has 0 aliphatic carbocycles. The Kier molecular flexibility index (Phi) is 7.38. The minimum Gasteiger partial charge on any atom is -0.338 e. The number of carbonyl (C=O) groups excluding carboxylic acids is 1. The molecule has 0 radical (unpaired) electrons. The van der Waals surface area contributed by atoms with Crippen LogP contribution < -0.4 is 5.09 Å². The molecule has 0 aliphatic rings. The molecule has 1 aromatic rings. The number of nitrogens with one attached hydrogen (secondary N) is 1. The van der Waals surface area contributed by atoms with Crippen LogP contribution in [0.3, 0.4) is 0 Å². The zero-order valence-electron chi connectivity index (χ0n) is 12.1. The molecule has 1 rings (SSSR count). The minimum atomic E-state index is -2.86. The second-order valence-electron chi connectivity index (χ2n) is 4.73. The van der Waals surface area contributed by atoms with Gasteiger partial charge in [0.05, 0.1) is 0 Å². The largest absolute Gasteiger partial charge is 0.338 e. The zero-order valence-corrected chi connectivity index (χ0v) is 13.8. The van der Waals surface area contributed by atoms with E-state index in [4.69, 9.17) is 11.8 Å². The van der Waals surface area contributed by atoms with Gasteiger partial charge in [-0.1, -0.05) is 36.8 Å². The van der Waals surface area contributed by atoms with E-state index in [2.05, 4.69) is 17.2 Å². The van der Waals surface area contributed by atoms with Gasteiger partial charge in [-0.3, -0.25) is 14.6 Å². The number of carbonyl (C=O) groups is 1. The number of unbranched alkanes of at least 4 members (excludes halogenated alkanes) is 2. The van der Waals surface area contributed by atoms with Gasteiger partial charge < -0.3 is 4.89 Å². The van der Waals surface area contributed by atoms with Crippen molar-refractivity contribution < 1.29 is 9.69 Å². The van der Waals surface area contributed by atoms with Crippen molar-refractivity contribution in [3.05, 3.63) is 35.9 Å². The highest BCUT2D eigenvalue weighted by Crippen LogP contribution is 2.39. The maximum atomic E-state index is 11.9.